The van der Waals surface area contributed by atoms with Gasteiger partial charge in [-0.05, 0) is 32.6 Å². The first kappa shape index (κ1) is 14.5. The first-order chi connectivity index (χ1) is 7.99. The van der Waals surface area contributed by atoms with Crippen LogP contribution in [0.4, 0.5) is 0 Å². The molecule has 0 aromatic heterocycles. The molecule has 0 amide bonds. The maximum absolute atomic E-state index is 11.5. The van der Waals surface area contributed by atoms with Crippen molar-refractivity contribution in [1.82, 2.24) is 0 Å². The Kier molecular flexibility index (Phi) is 5.44. The number of hydrogen-bond acceptors (Lipinski definition) is 3. The average molecular weight is 242 g/mol. The van der Waals surface area contributed by atoms with Crippen molar-refractivity contribution in [3.63, 3.8) is 0 Å². The number of rotatable bonds is 5. The fraction of sp³-hybridized carbons (Fsp3) is 0.929. The number of methoxy groups -OCH3 is 1. The molecule has 0 aromatic rings. The van der Waals surface area contributed by atoms with Gasteiger partial charge in [-0.25, -0.2) is 0 Å². The maximum atomic E-state index is 11.5. The van der Waals surface area contributed by atoms with Crippen LogP contribution in [0.15, 0.2) is 0 Å². The second-order valence-electron chi connectivity index (χ2n) is 5.75. The number of ether oxygens (including phenoxy) is 2. The van der Waals surface area contributed by atoms with Crippen LogP contribution in [0.5, 0.6) is 0 Å². The highest BCUT2D eigenvalue weighted by molar-refractivity contribution is 5.75. The van der Waals surface area contributed by atoms with E-state index in [1.807, 2.05) is 13.8 Å². The van der Waals surface area contributed by atoms with E-state index < -0.39 is 5.41 Å². The van der Waals surface area contributed by atoms with Gasteiger partial charge in [-0.3, -0.25) is 4.79 Å². The third-order valence-corrected chi connectivity index (χ3v) is 3.73. The summed E-state index contributed by atoms with van der Waals surface area (Å²) in [6.45, 7) is 6.45. The quantitative estimate of drug-likeness (QED) is 0.695. The Bertz CT molecular complexity index is 248. The average Bonchev–Trinajstić information content (AvgIpc) is 2.35. The zero-order valence-electron chi connectivity index (χ0n) is 11.6. The van der Waals surface area contributed by atoms with Crippen molar-refractivity contribution >= 4 is 5.97 Å². The lowest BCUT2D eigenvalue weighted by molar-refractivity contribution is -0.156. The van der Waals surface area contributed by atoms with Crippen LogP contribution in [0.3, 0.4) is 0 Å². The molecular formula is C14H26O3. The standard InChI is InChI=1S/C14H26O3/c1-5-11-7-6-8-12(9-11)17-10-14(2,3)13(15)16-4/h11-12H,5-10H2,1-4H3. The SMILES string of the molecule is CCC1CCCC(OCC(C)(C)C(=O)OC)C1. The minimum absolute atomic E-state index is 0.194. The monoisotopic (exact) mass is 242 g/mol. The van der Waals surface area contributed by atoms with Crippen molar-refractivity contribution in [2.24, 2.45) is 11.3 Å². The van der Waals surface area contributed by atoms with E-state index in [1.165, 1.54) is 26.4 Å². The topological polar surface area (TPSA) is 35.5 Å². The summed E-state index contributed by atoms with van der Waals surface area (Å²) in [5, 5.41) is 0. The van der Waals surface area contributed by atoms with Gasteiger partial charge in [0.15, 0.2) is 0 Å². The van der Waals surface area contributed by atoms with Crippen molar-refractivity contribution in [1.29, 1.82) is 0 Å². The van der Waals surface area contributed by atoms with Crippen LogP contribution in [0.1, 0.15) is 52.9 Å². The van der Waals surface area contributed by atoms with Crippen LogP contribution in [0, 0.1) is 11.3 Å². The number of hydrogen-bond donors (Lipinski definition) is 0. The predicted octanol–water partition coefficient (Wildman–Crippen LogP) is 3.17. The van der Waals surface area contributed by atoms with E-state index in [0.29, 0.717) is 12.7 Å². The Morgan fingerprint density at radius 3 is 2.65 bits per heavy atom. The van der Waals surface area contributed by atoms with Crippen molar-refractivity contribution in [3.8, 4) is 0 Å². The smallest absolute Gasteiger partial charge is 0.313 e. The number of carbonyl (C=O) groups excluding carboxylic acids is 1. The molecular weight excluding hydrogens is 216 g/mol. The lowest BCUT2D eigenvalue weighted by Crippen LogP contribution is -2.34. The summed E-state index contributed by atoms with van der Waals surface area (Å²) in [7, 11) is 1.43. The molecule has 1 fully saturated rings. The Labute approximate surface area is 105 Å². The van der Waals surface area contributed by atoms with E-state index in [-0.39, 0.29) is 5.97 Å². The molecule has 100 valence electrons. The van der Waals surface area contributed by atoms with Gasteiger partial charge < -0.3 is 9.47 Å². The maximum Gasteiger partial charge on any atom is 0.313 e. The molecule has 1 aliphatic carbocycles. The molecule has 0 heterocycles. The van der Waals surface area contributed by atoms with Crippen LogP contribution >= 0.6 is 0 Å². The fourth-order valence-corrected chi connectivity index (χ4v) is 2.43. The Morgan fingerprint density at radius 2 is 2.06 bits per heavy atom. The first-order valence-corrected chi connectivity index (χ1v) is 6.69. The molecule has 0 bridgehead atoms. The summed E-state index contributed by atoms with van der Waals surface area (Å²) in [4.78, 5) is 11.5. The van der Waals surface area contributed by atoms with Crippen LogP contribution in [-0.4, -0.2) is 25.8 Å². The second kappa shape index (κ2) is 6.39. The summed E-state index contributed by atoms with van der Waals surface area (Å²) in [5.41, 5.74) is -0.534. The van der Waals surface area contributed by atoms with Crippen LogP contribution in [-0.2, 0) is 14.3 Å². The van der Waals surface area contributed by atoms with E-state index in [1.54, 1.807) is 0 Å². The van der Waals surface area contributed by atoms with Crippen LogP contribution in [0.25, 0.3) is 0 Å². The molecule has 1 saturated carbocycles. The first-order valence-electron chi connectivity index (χ1n) is 6.69. The lowest BCUT2D eigenvalue weighted by Gasteiger charge is -2.31. The largest absolute Gasteiger partial charge is 0.469 e. The molecule has 0 radical (unpaired) electrons. The Hall–Kier alpha value is -0.570. The van der Waals surface area contributed by atoms with E-state index >= 15 is 0 Å². The zero-order chi connectivity index (χ0) is 12.9. The number of carbonyl (C=O) groups is 1. The molecule has 0 aliphatic heterocycles. The minimum atomic E-state index is -0.534. The molecule has 3 nitrogen and oxygen atoms in total. The summed E-state index contributed by atoms with van der Waals surface area (Å²) < 4.78 is 10.7. The summed E-state index contributed by atoms with van der Waals surface area (Å²) >= 11 is 0. The predicted molar refractivity (Wildman–Crippen MR) is 67.8 cm³/mol. The molecule has 2 unspecified atom stereocenters. The molecule has 0 spiro atoms. The molecule has 2 atom stereocenters. The van der Waals surface area contributed by atoms with E-state index in [4.69, 9.17) is 9.47 Å². The fourth-order valence-electron chi connectivity index (χ4n) is 2.43. The van der Waals surface area contributed by atoms with E-state index in [9.17, 15) is 4.79 Å². The van der Waals surface area contributed by atoms with Crippen molar-refractivity contribution in [2.75, 3.05) is 13.7 Å². The van der Waals surface area contributed by atoms with Crippen LogP contribution in [0.2, 0.25) is 0 Å². The third kappa shape index (κ3) is 4.30. The van der Waals surface area contributed by atoms with Crippen molar-refractivity contribution in [2.45, 2.75) is 59.0 Å². The van der Waals surface area contributed by atoms with Gasteiger partial charge in [-0.2, -0.15) is 0 Å². The molecule has 0 aromatic carbocycles. The highest BCUT2D eigenvalue weighted by atomic mass is 16.5. The van der Waals surface area contributed by atoms with E-state index in [2.05, 4.69) is 6.92 Å². The van der Waals surface area contributed by atoms with Gasteiger partial charge in [0.05, 0.1) is 25.2 Å². The highest BCUT2D eigenvalue weighted by Gasteiger charge is 2.31. The zero-order valence-corrected chi connectivity index (χ0v) is 11.6. The number of esters is 1. The van der Waals surface area contributed by atoms with Crippen LogP contribution < -0.4 is 0 Å². The molecule has 17 heavy (non-hydrogen) atoms. The molecule has 0 N–H and O–H groups in total. The molecule has 0 saturated heterocycles. The lowest BCUT2D eigenvalue weighted by atomic mass is 9.85. The Morgan fingerprint density at radius 1 is 1.35 bits per heavy atom. The Balaban J connectivity index is 2.37. The van der Waals surface area contributed by atoms with Gasteiger partial charge in [0, 0.05) is 0 Å². The molecule has 1 aliphatic rings. The second-order valence-corrected chi connectivity index (χ2v) is 5.75. The third-order valence-electron chi connectivity index (χ3n) is 3.73. The highest BCUT2D eigenvalue weighted by Crippen LogP contribution is 2.29. The van der Waals surface area contributed by atoms with Crippen molar-refractivity contribution < 1.29 is 14.3 Å². The minimum Gasteiger partial charge on any atom is -0.469 e. The van der Waals surface area contributed by atoms with Gasteiger partial charge in [0.2, 0.25) is 0 Å². The van der Waals surface area contributed by atoms with Gasteiger partial charge in [0.25, 0.3) is 0 Å². The summed E-state index contributed by atoms with van der Waals surface area (Å²) in [5.74, 6) is 0.607. The van der Waals surface area contributed by atoms with Gasteiger partial charge in [-0.1, -0.05) is 26.2 Å². The van der Waals surface area contributed by atoms with Gasteiger partial charge in [-0.15, -0.1) is 0 Å². The molecule has 1 rings (SSSR count). The normalized spacial score (nSPS) is 25.6. The van der Waals surface area contributed by atoms with Gasteiger partial charge in [0.1, 0.15) is 0 Å². The summed E-state index contributed by atoms with van der Waals surface area (Å²) in [6, 6.07) is 0. The van der Waals surface area contributed by atoms with E-state index in [0.717, 1.165) is 18.8 Å². The molecule has 3 heteroatoms. The van der Waals surface area contributed by atoms with Gasteiger partial charge >= 0.3 is 5.97 Å². The summed E-state index contributed by atoms with van der Waals surface area (Å²) in [6.07, 6.45) is 6.43. The van der Waals surface area contributed by atoms with Crippen molar-refractivity contribution in [3.05, 3.63) is 0 Å².